The van der Waals surface area contributed by atoms with Gasteiger partial charge in [0.15, 0.2) is 0 Å². The number of nitrogens with one attached hydrogen (secondary N) is 1. The second kappa shape index (κ2) is 7.24. The lowest BCUT2D eigenvalue weighted by Crippen LogP contribution is -2.33. The van der Waals surface area contributed by atoms with Crippen molar-refractivity contribution in [3.05, 3.63) is 35.6 Å². The Bertz CT molecular complexity index is 416. The van der Waals surface area contributed by atoms with E-state index in [0.717, 1.165) is 13.0 Å². The molecule has 19 heavy (non-hydrogen) atoms. The van der Waals surface area contributed by atoms with Gasteiger partial charge in [-0.25, -0.2) is 4.39 Å². The summed E-state index contributed by atoms with van der Waals surface area (Å²) in [7, 11) is 0. The van der Waals surface area contributed by atoms with Crippen LogP contribution in [0.3, 0.4) is 0 Å². The van der Waals surface area contributed by atoms with Crippen molar-refractivity contribution in [3.8, 4) is 0 Å². The fourth-order valence-electron chi connectivity index (χ4n) is 2.42. The number of amides is 1. The number of nitrogens with zero attached hydrogens (tertiary/aromatic N) is 1. The van der Waals surface area contributed by atoms with Crippen LogP contribution in [0.15, 0.2) is 24.3 Å². The lowest BCUT2D eigenvalue weighted by atomic mass is 10.1. The third-order valence-corrected chi connectivity index (χ3v) is 3.47. The smallest absolute Gasteiger partial charge is 0.251 e. The molecule has 0 radical (unpaired) electrons. The predicted molar refractivity (Wildman–Crippen MR) is 73.6 cm³/mol. The maximum Gasteiger partial charge on any atom is 0.251 e. The number of hydrogen-bond donors (Lipinski definition) is 1. The molecule has 0 bridgehead atoms. The molecular weight excluding hydrogens is 243 g/mol. The van der Waals surface area contributed by atoms with Gasteiger partial charge < -0.3 is 10.2 Å². The monoisotopic (exact) mass is 264 g/mol. The van der Waals surface area contributed by atoms with Gasteiger partial charge in [-0.2, -0.15) is 0 Å². The van der Waals surface area contributed by atoms with E-state index in [2.05, 4.69) is 10.2 Å². The summed E-state index contributed by atoms with van der Waals surface area (Å²) < 4.78 is 13.0. The molecule has 1 saturated heterocycles. The summed E-state index contributed by atoms with van der Waals surface area (Å²) in [6, 6.07) is 5.79. The Morgan fingerprint density at radius 3 is 2.79 bits per heavy atom. The summed E-state index contributed by atoms with van der Waals surface area (Å²) >= 11 is 0. The second-order valence-corrected chi connectivity index (χ2v) is 5.02. The summed E-state index contributed by atoms with van der Waals surface area (Å²) in [5.41, 5.74) is 0.387. The Labute approximate surface area is 113 Å². The highest BCUT2D eigenvalue weighted by molar-refractivity contribution is 5.94. The third kappa shape index (κ3) is 4.63. The number of rotatable bonds is 5. The average molecular weight is 264 g/mol. The number of carbonyl (C=O) groups is 1. The number of hydrogen-bond acceptors (Lipinski definition) is 2. The van der Waals surface area contributed by atoms with Crippen molar-refractivity contribution in [2.45, 2.75) is 25.7 Å². The second-order valence-electron chi connectivity index (χ2n) is 5.02. The third-order valence-electron chi connectivity index (χ3n) is 3.47. The Morgan fingerprint density at radius 1 is 1.26 bits per heavy atom. The van der Waals surface area contributed by atoms with Crippen molar-refractivity contribution in [2.75, 3.05) is 26.2 Å². The summed E-state index contributed by atoms with van der Waals surface area (Å²) in [5.74, 6) is -0.570. The van der Waals surface area contributed by atoms with Crippen LogP contribution in [0.4, 0.5) is 4.39 Å². The molecule has 1 aromatic rings. The molecule has 2 rings (SSSR count). The Morgan fingerprint density at radius 2 is 2.05 bits per heavy atom. The van der Waals surface area contributed by atoms with E-state index in [4.69, 9.17) is 0 Å². The average Bonchev–Trinajstić information content (AvgIpc) is 2.44. The fraction of sp³-hybridized carbons (Fsp3) is 0.533. The highest BCUT2D eigenvalue weighted by Crippen LogP contribution is 2.08. The van der Waals surface area contributed by atoms with E-state index in [9.17, 15) is 9.18 Å². The molecule has 0 aromatic heterocycles. The molecule has 1 fully saturated rings. The molecule has 104 valence electrons. The number of likely N-dealkylation sites (tertiary alicyclic amines) is 1. The van der Waals surface area contributed by atoms with Crippen LogP contribution < -0.4 is 5.32 Å². The highest BCUT2D eigenvalue weighted by atomic mass is 19.1. The van der Waals surface area contributed by atoms with E-state index in [0.29, 0.717) is 12.1 Å². The molecule has 0 atom stereocenters. The fourth-order valence-corrected chi connectivity index (χ4v) is 2.42. The summed E-state index contributed by atoms with van der Waals surface area (Å²) in [6.45, 7) is 4.03. The van der Waals surface area contributed by atoms with Crippen LogP contribution in [0.5, 0.6) is 0 Å². The molecule has 1 aliphatic rings. The zero-order valence-electron chi connectivity index (χ0n) is 11.2. The maximum absolute atomic E-state index is 13.0. The summed E-state index contributed by atoms with van der Waals surface area (Å²) in [4.78, 5) is 14.2. The van der Waals surface area contributed by atoms with Crippen LogP contribution in [0.2, 0.25) is 0 Å². The van der Waals surface area contributed by atoms with E-state index in [1.807, 2.05) is 0 Å². The predicted octanol–water partition coefficient (Wildman–Crippen LogP) is 2.43. The van der Waals surface area contributed by atoms with E-state index < -0.39 is 0 Å². The van der Waals surface area contributed by atoms with Crippen LogP contribution in [0.1, 0.15) is 36.0 Å². The van der Waals surface area contributed by atoms with Crippen molar-refractivity contribution >= 4 is 5.91 Å². The molecule has 1 aliphatic heterocycles. The maximum atomic E-state index is 13.0. The van der Waals surface area contributed by atoms with Crippen LogP contribution >= 0.6 is 0 Å². The van der Waals surface area contributed by atoms with Gasteiger partial charge in [0.05, 0.1) is 0 Å². The SMILES string of the molecule is O=C(NCCCN1CCCCC1)c1cccc(F)c1. The topological polar surface area (TPSA) is 32.3 Å². The molecule has 3 nitrogen and oxygen atoms in total. The van der Waals surface area contributed by atoms with Crippen LogP contribution in [0.25, 0.3) is 0 Å². The van der Waals surface area contributed by atoms with Gasteiger partial charge in [0.25, 0.3) is 5.91 Å². The van der Waals surface area contributed by atoms with Crippen LogP contribution in [-0.4, -0.2) is 37.0 Å². The summed E-state index contributed by atoms with van der Waals surface area (Å²) in [6.07, 6.45) is 4.86. The first kappa shape index (κ1) is 14.0. The van der Waals surface area contributed by atoms with Gasteiger partial charge in [-0.05, 0) is 57.1 Å². The Kier molecular flexibility index (Phi) is 5.33. The first-order valence-corrected chi connectivity index (χ1v) is 7.02. The molecule has 0 saturated carbocycles. The van der Waals surface area contributed by atoms with Gasteiger partial charge in [0, 0.05) is 12.1 Å². The quantitative estimate of drug-likeness (QED) is 0.828. The first-order valence-electron chi connectivity index (χ1n) is 7.02. The van der Waals surface area contributed by atoms with Crippen LogP contribution in [0, 0.1) is 5.82 Å². The molecule has 0 unspecified atom stereocenters. The van der Waals surface area contributed by atoms with E-state index >= 15 is 0 Å². The molecule has 1 heterocycles. The van der Waals surface area contributed by atoms with Crippen molar-refractivity contribution in [3.63, 3.8) is 0 Å². The molecule has 1 N–H and O–H groups in total. The van der Waals surface area contributed by atoms with E-state index in [1.165, 1.54) is 44.5 Å². The minimum absolute atomic E-state index is 0.196. The van der Waals surface area contributed by atoms with Gasteiger partial charge in [0.1, 0.15) is 5.82 Å². The first-order chi connectivity index (χ1) is 9.25. The molecule has 0 aliphatic carbocycles. The molecular formula is C15H21FN2O. The van der Waals surface area contributed by atoms with Gasteiger partial charge >= 0.3 is 0 Å². The van der Waals surface area contributed by atoms with Gasteiger partial charge in [-0.1, -0.05) is 12.5 Å². The van der Waals surface area contributed by atoms with Crippen molar-refractivity contribution in [1.29, 1.82) is 0 Å². The standard InChI is InChI=1S/C15H21FN2O/c16-14-7-4-6-13(12-14)15(19)17-8-5-11-18-9-2-1-3-10-18/h4,6-7,12H,1-3,5,8-11H2,(H,17,19). The van der Waals surface area contributed by atoms with E-state index in [-0.39, 0.29) is 11.7 Å². The zero-order valence-corrected chi connectivity index (χ0v) is 11.2. The lowest BCUT2D eigenvalue weighted by molar-refractivity contribution is 0.0950. The molecule has 4 heteroatoms. The minimum Gasteiger partial charge on any atom is -0.352 e. The van der Waals surface area contributed by atoms with Crippen molar-refractivity contribution < 1.29 is 9.18 Å². The van der Waals surface area contributed by atoms with Crippen molar-refractivity contribution in [2.24, 2.45) is 0 Å². The lowest BCUT2D eigenvalue weighted by Gasteiger charge is -2.26. The van der Waals surface area contributed by atoms with Gasteiger partial charge in [-0.3, -0.25) is 4.79 Å². The highest BCUT2D eigenvalue weighted by Gasteiger charge is 2.10. The summed E-state index contributed by atoms with van der Waals surface area (Å²) in [5, 5.41) is 2.83. The minimum atomic E-state index is -0.374. The van der Waals surface area contributed by atoms with Crippen LogP contribution in [-0.2, 0) is 0 Å². The van der Waals surface area contributed by atoms with E-state index in [1.54, 1.807) is 12.1 Å². The Balaban J connectivity index is 1.66. The van der Waals surface area contributed by atoms with Gasteiger partial charge in [-0.15, -0.1) is 0 Å². The number of carbonyl (C=O) groups excluding carboxylic acids is 1. The molecule has 0 spiro atoms. The molecule has 1 aromatic carbocycles. The molecule has 1 amide bonds. The zero-order chi connectivity index (χ0) is 13.5. The Hall–Kier alpha value is -1.42. The van der Waals surface area contributed by atoms with Crippen molar-refractivity contribution in [1.82, 2.24) is 10.2 Å². The van der Waals surface area contributed by atoms with Gasteiger partial charge in [0.2, 0.25) is 0 Å². The largest absolute Gasteiger partial charge is 0.352 e. The normalized spacial score (nSPS) is 16.3. The number of benzene rings is 1. The number of halogens is 1. The number of piperidine rings is 1.